The number of nitriles is 1. The van der Waals surface area contributed by atoms with E-state index in [1.807, 2.05) is 0 Å². The van der Waals surface area contributed by atoms with E-state index in [9.17, 15) is 13.6 Å². The van der Waals surface area contributed by atoms with E-state index >= 15 is 0 Å². The van der Waals surface area contributed by atoms with Gasteiger partial charge in [-0.05, 0) is 18.2 Å². The molecule has 0 aliphatic carbocycles. The van der Waals surface area contributed by atoms with E-state index in [0.717, 1.165) is 0 Å². The average Bonchev–Trinajstić information content (AvgIpc) is 2.62. The molecule has 2 aromatic rings. The van der Waals surface area contributed by atoms with Gasteiger partial charge in [0.05, 0.1) is 11.6 Å². The molecule has 0 unspecified atom stereocenters. The van der Waals surface area contributed by atoms with E-state index in [1.165, 1.54) is 29.8 Å². The molecule has 0 N–H and O–H groups in total. The Hall–Kier alpha value is -2.16. The highest BCUT2D eigenvalue weighted by Gasteiger charge is 2.31. The zero-order valence-corrected chi connectivity index (χ0v) is 9.61. The lowest BCUT2D eigenvalue weighted by Gasteiger charge is -2.14. The highest BCUT2D eigenvalue weighted by molar-refractivity contribution is 5.73. The summed E-state index contributed by atoms with van der Waals surface area (Å²) in [7, 11) is 1.45. The number of halogens is 2. The molecule has 1 aromatic carbocycles. The minimum absolute atomic E-state index is 0.221. The van der Waals surface area contributed by atoms with E-state index < -0.39 is 18.1 Å². The lowest BCUT2D eigenvalue weighted by molar-refractivity contribution is -0.0118. The third-order valence-electron chi connectivity index (χ3n) is 2.76. The van der Waals surface area contributed by atoms with Gasteiger partial charge in [-0.1, -0.05) is 0 Å². The van der Waals surface area contributed by atoms with Crippen LogP contribution >= 0.6 is 0 Å². The van der Waals surface area contributed by atoms with E-state index in [2.05, 4.69) is 0 Å². The number of aryl methyl sites for hydroxylation is 1. The number of nitrogens with zero attached hydrogens (tertiary/aromatic N) is 2. The predicted molar refractivity (Wildman–Crippen MR) is 60.2 cm³/mol. The average molecular weight is 252 g/mol. The Morgan fingerprint density at radius 1 is 1.50 bits per heavy atom. The molecule has 0 amide bonds. The first-order valence-corrected chi connectivity index (χ1v) is 5.30. The molecule has 0 aliphatic rings. The van der Waals surface area contributed by atoms with Crippen LogP contribution in [-0.2, 0) is 13.0 Å². The van der Waals surface area contributed by atoms with Crippen LogP contribution in [0, 0.1) is 11.3 Å². The molecule has 4 nitrogen and oxygen atoms in total. The van der Waals surface area contributed by atoms with Crippen LogP contribution < -0.4 is 5.76 Å². The lowest BCUT2D eigenvalue weighted by atomic mass is 10.0. The number of oxazole rings is 1. The molecule has 94 valence electrons. The maximum atomic E-state index is 13.7. The number of hydrogen-bond donors (Lipinski definition) is 0. The first-order chi connectivity index (χ1) is 8.45. The molecule has 1 aromatic heterocycles. The van der Waals surface area contributed by atoms with Crippen LogP contribution in [0.25, 0.3) is 11.1 Å². The van der Waals surface area contributed by atoms with E-state index in [1.54, 1.807) is 6.07 Å². The SMILES string of the molecule is Cn1c(=O)oc2ccc(C(F)(F)CCC#N)cc21. The van der Waals surface area contributed by atoms with Gasteiger partial charge >= 0.3 is 5.76 Å². The van der Waals surface area contributed by atoms with Crippen molar-refractivity contribution in [1.29, 1.82) is 5.26 Å². The first-order valence-electron chi connectivity index (χ1n) is 5.30. The molecule has 0 radical (unpaired) electrons. The standard InChI is InChI=1S/C12H10F2N2O2/c1-16-9-7-8(12(13,14)5-2-6-15)3-4-10(9)18-11(16)17/h3-4,7H,2,5H2,1H3. The van der Waals surface area contributed by atoms with Crippen LogP contribution in [-0.4, -0.2) is 4.57 Å². The zero-order chi connectivity index (χ0) is 13.3. The van der Waals surface area contributed by atoms with Crippen molar-refractivity contribution in [3.05, 3.63) is 34.3 Å². The molecule has 18 heavy (non-hydrogen) atoms. The molecule has 0 spiro atoms. The molecule has 0 saturated heterocycles. The maximum Gasteiger partial charge on any atom is 0.419 e. The fourth-order valence-electron chi connectivity index (χ4n) is 1.71. The monoisotopic (exact) mass is 252 g/mol. The van der Waals surface area contributed by atoms with Crippen LogP contribution in [0.5, 0.6) is 0 Å². The Balaban J connectivity index is 2.50. The Labute approximate surface area is 101 Å². The molecule has 0 atom stereocenters. The molecule has 0 bridgehead atoms. The number of aromatic nitrogens is 1. The normalized spacial score (nSPS) is 11.7. The minimum Gasteiger partial charge on any atom is -0.408 e. The van der Waals surface area contributed by atoms with Crippen molar-refractivity contribution in [3.8, 4) is 6.07 Å². The fourth-order valence-corrected chi connectivity index (χ4v) is 1.71. The molecule has 0 saturated carbocycles. The summed E-state index contributed by atoms with van der Waals surface area (Å²) in [4.78, 5) is 11.2. The molecule has 0 fully saturated rings. The van der Waals surface area contributed by atoms with Crippen molar-refractivity contribution in [2.75, 3.05) is 0 Å². The van der Waals surface area contributed by atoms with Gasteiger partial charge < -0.3 is 4.42 Å². The van der Waals surface area contributed by atoms with E-state index in [4.69, 9.17) is 9.68 Å². The number of hydrogen-bond acceptors (Lipinski definition) is 3. The van der Waals surface area contributed by atoms with Gasteiger partial charge in [0.2, 0.25) is 0 Å². The molecular weight excluding hydrogens is 242 g/mol. The van der Waals surface area contributed by atoms with Crippen molar-refractivity contribution in [1.82, 2.24) is 4.57 Å². The first kappa shape index (κ1) is 12.3. The number of fused-ring (bicyclic) bond motifs is 1. The maximum absolute atomic E-state index is 13.7. The second kappa shape index (κ2) is 4.26. The van der Waals surface area contributed by atoms with Crippen molar-refractivity contribution < 1.29 is 13.2 Å². The highest BCUT2D eigenvalue weighted by Crippen LogP contribution is 2.34. The molecule has 6 heteroatoms. The second-order valence-electron chi connectivity index (χ2n) is 3.97. The largest absolute Gasteiger partial charge is 0.419 e. The van der Waals surface area contributed by atoms with Crippen molar-refractivity contribution in [3.63, 3.8) is 0 Å². The Kier molecular flexibility index (Phi) is 2.91. The number of rotatable bonds is 3. The predicted octanol–water partition coefficient (Wildman–Crippen LogP) is 2.53. The summed E-state index contributed by atoms with van der Waals surface area (Å²) in [5.41, 5.74) is 0.359. The number of alkyl halides is 2. The van der Waals surface area contributed by atoms with Crippen LogP contribution in [0.2, 0.25) is 0 Å². The van der Waals surface area contributed by atoms with Gasteiger partial charge in [-0.15, -0.1) is 0 Å². The van der Waals surface area contributed by atoms with Crippen LogP contribution in [0.3, 0.4) is 0 Å². The van der Waals surface area contributed by atoms with E-state index in [0.29, 0.717) is 5.52 Å². The Bertz CT molecular complexity index is 679. The molecular formula is C12H10F2N2O2. The zero-order valence-electron chi connectivity index (χ0n) is 9.61. The van der Waals surface area contributed by atoms with Gasteiger partial charge in [0.25, 0.3) is 5.92 Å². The molecule has 2 rings (SSSR count). The van der Waals surface area contributed by atoms with Gasteiger partial charge in [-0.3, -0.25) is 4.57 Å². The highest BCUT2D eigenvalue weighted by atomic mass is 19.3. The summed E-state index contributed by atoms with van der Waals surface area (Å²) < 4.78 is 33.5. The van der Waals surface area contributed by atoms with Crippen molar-refractivity contribution in [2.45, 2.75) is 18.8 Å². The third kappa shape index (κ3) is 1.99. The number of benzene rings is 1. The Morgan fingerprint density at radius 2 is 2.22 bits per heavy atom. The molecule has 0 aliphatic heterocycles. The third-order valence-corrected chi connectivity index (χ3v) is 2.76. The van der Waals surface area contributed by atoms with Crippen LogP contribution in [0.1, 0.15) is 18.4 Å². The van der Waals surface area contributed by atoms with Crippen LogP contribution in [0.4, 0.5) is 8.78 Å². The topological polar surface area (TPSA) is 58.9 Å². The van der Waals surface area contributed by atoms with Gasteiger partial charge in [0, 0.05) is 25.5 Å². The van der Waals surface area contributed by atoms with Gasteiger partial charge in [-0.25, -0.2) is 13.6 Å². The quantitative estimate of drug-likeness (QED) is 0.843. The Morgan fingerprint density at radius 3 is 2.89 bits per heavy atom. The van der Waals surface area contributed by atoms with Crippen molar-refractivity contribution in [2.24, 2.45) is 7.05 Å². The smallest absolute Gasteiger partial charge is 0.408 e. The van der Waals surface area contributed by atoms with Crippen molar-refractivity contribution >= 4 is 11.1 Å². The van der Waals surface area contributed by atoms with Gasteiger partial charge in [0.1, 0.15) is 0 Å². The summed E-state index contributed by atoms with van der Waals surface area (Å²) in [5.74, 6) is -3.68. The van der Waals surface area contributed by atoms with E-state index in [-0.39, 0.29) is 17.6 Å². The van der Waals surface area contributed by atoms with Gasteiger partial charge in [0.15, 0.2) is 5.58 Å². The lowest BCUT2D eigenvalue weighted by Crippen LogP contribution is -2.13. The fraction of sp³-hybridized carbons (Fsp3) is 0.333. The van der Waals surface area contributed by atoms with Crippen LogP contribution in [0.15, 0.2) is 27.4 Å². The summed E-state index contributed by atoms with van der Waals surface area (Å²) in [6.07, 6.45) is -0.768. The summed E-state index contributed by atoms with van der Waals surface area (Å²) in [6.45, 7) is 0. The molecule has 1 heterocycles. The summed E-state index contributed by atoms with van der Waals surface area (Å²) in [6, 6.07) is 5.46. The van der Waals surface area contributed by atoms with Gasteiger partial charge in [-0.2, -0.15) is 5.26 Å². The summed E-state index contributed by atoms with van der Waals surface area (Å²) in [5, 5.41) is 8.35. The second-order valence-corrected chi connectivity index (χ2v) is 3.97. The summed E-state index contributed by atoms with van der Waals surface area (Å²) >= 11 is 0. The minimum atomic E-state index is -3.09.